The number of aromatic nitrogens is 3. The number of aliphatic imine (C=N–C) groups is 1. The Bertz CT molecular complexity index is 1250. The van der Waals surface area contributed by atoms with Crippen LogP contribution in [0, 0.1) is 6.92 Å². The van der Waals surface area contributed by atoms with Crippen LogP contribution >= 0.6 is 0 Å². The maximum absolute atomic E-state index is 12.4. The first kappa shape index (κ1) is 27.2. The highest BCUT2D eigenvalue weighted by atomic mass is 19.4. The number of halogens is 3. The molecule has 4 rings (SSSR count). The van der Waals surface area contributed by atoms with Crippen molar-refractivity contribution in [3.05, 3.63) is 77.8 Å². The number of rotatable bonds is 10. The average Bonchev–Trinajstić information content (AvgIpc) is 3.53. The van der Waals surface area contributed by atoms with Crippen molar-refractivity contribution in [2.75, 3.05) is 38.6 Å². The molecule has 0 unspecified atom stereocenters. The zero-order valence-electron chi connectivity index (χ0n) is 21.5. The fraction of sp³-hybridized carbons (Fsp3) is 0.370. The van der Waals surface area contributed by atoms with E-state index >= 15 is 0 Å². The van der Waals surface area contributed by atoms with Crippen molar-refractivity contribution >= 4 is 17.4 Å². The molecular weight excluding hydrogens is 497 g/mol. The SMILES string of the molecule is C=C(N=C(OC)c1cc(C)n(Cc2ccc(NCCN3CCCC3)nc2)n1)c1ccc(OC(F)(F)F)cc1. The third kappa shape index (κ3) is 7.58. The monoisotopic (exact) mass is 528 g/mol. The molecule has 1 aromatic carbocycles. The van der Waals surface area contributed by atoms with Crippen LogP contribution in [0.2, 0.25) is 0 Å². The van der Waals surface area contributed by atoms with Crippen molar-refractivity contribution in [2.24, 2.45) is 4.99 Å². The quantitative estimate of drug-likeness (QED) is 0.291. The Kier molecular flexibility index (Phi) is 8.67. The van der Waals surface area contributed by atoms with Crippen LogP contribution in [-0.4, -0.2) is 65.2 Å². The topological polar surface area (TPSA) is 76.8 Å². The number of hydrogen-bond donors (Lipinski definition) is 1. The van der Waals surface area contributed by atoms with Gasteiger partial charge in [-0.3, -0.25) is 4.68 Å². The zero-order chi connectivity index (χ0) is 27.1. The predicted octanol–water partition coefficient (Wildman–Crippen LogP) is 5.11. The second-order valence-corrected chi connectivity index (χ2v) is 9.00. The molecule has 0 radical (unpaired) electrons. The van der Waals surface area contributed by atoms with Crippen LogP contribution in [0.3, 0.4) is 0 Å². The molecule has 0 spiro atoms. The molecule has 2 aromatic heterocycles. The Hall–Kier alpha value is -3.86. The van der Waals surface area contributed by atoms with E-state index in [-0.39, 0.29) is 11.6 Å². The Morgan fingerprint density at radius 1 is 1.13 bits per heavy atom. The molecule has 8 nitrogen and oxygen atoms in total. The molecule has 1 aliphatic rings. The van der Waals surface area contributed by atoms with Crippen LogP contribution < -0.4 is 10.1 Å². The number of benzene rings is 1. The van der Waals surface area contributed by atoms with E-state index in [4.69, 9.17) is 4.74 Å². The van der Waals surface area contributed by atoms with Crippen LogP contribution in [0.4, 0.5) is 19.0 Å². The van der Waals surface area contributed by atoms with Gasteiger partial charge in [0.1, 0.15) is 17.3 Å². The molecule has 38 heavy (non-hydrogen) atoms. The van der Waals surface area contributed by atoms with E-state index in [0.717, 1.165) is 30.2 Å². The van der Waals surface area contributed by atoms with Gasteiger partial charge in [-0.05, 0) is 80.4 Å². The summed E-state index contributed by atoms with van der Waals surface area (Å²) >= 11 is 0. The first-order valence-electron chi connectivity index (χ1n) is 12.3. The molecule has 0 atom stereocenters. The standard InChI is InChI=1S/C27H31F3N6O2/c1-19-16-24(26(37-3)33-20(2)22-7-9-23(10-8-22)38-27(28,29)30)34-36(19)18-21-6-11-25(32-17-21)31-12-15-35-13-4-5-14-35/h6-11,16-17H,2,4-5,12-15,18H2,1,3H3,(H,31,32). The van der Waals surface area contributed by atoms with E-state index < -0.39 is 6.36 Å². The molecule has 3 aromatic rings. The molecule has 3 heterocycles. The number of pyridine rings is 1. The van der Waals surface area contributed by atoms with Crippen molar-refractivity contribution in [3.63, 3.8) is 0 Å². The van der Waals surface area contributed by atoms with Crippen LogP contribution in [0.15, 0.2) is 60.2 Å². The summed E-state index contributed by atoms with van der Waals surface area (Å²) in [5.74, 6) is 0.763. The Morgan fingerprint density at radius 2 is 1.87 bits per heavy atom. The maximum atomic E-state index is 12.4. The minimum atomic E-state index is -4.75. The van der Waals surface area contributed by atoms with E-state index in [9.17, 15) is 13.2 Å². The second-order valence-electron chi connectivity index (χ2n) is 9.00. The third-order valence-corrected chi connectivity index (χ3v) is 6.14. The zero-order valence-corrected chi connectivity index (χ0v) is 21.5. The first-order chi connectivity index (χ1) is 18.2. The predicted molar refractivity (Wildman–Crippen MR) is 140 cm³/mol. The molecule has 202 valence electrons. The summed E-state index contributed by atoms with van der Waals surface area (Å²) in [6, 6.07) is 11.1. The number of anilines is 1. The molecule has 0 saturated carbocycles. The fourth-order valence-corrected chi connectivity index (χ4v) is 4.16. The minimum absolute atomic E-state index is 0.239. The molecule has 0 aliphatic carbocycles. The number of nitrogens with one attached hydrogen (secondary N) is 1. The largest absolute Gasteiger partial charge is 0.573 e. The van der Waals surface area contributed by atoms with Crippen LogP contribution in [0.1, 0.15) is 35.4 Å². The molecule has 11 heteroatoms. The lowest BCUT2D eigenvalue weighted by atomic mass is 10.2. The lowest BCUT2D eigenvalue weighted by Gasteiger charge is -2.15. The normalized spacial score (nSPS) is 14.5. The smallest absolute Gasteiger partial charge is 0.479 e. The molecule has 0 bridgehead atoms. The summed E-state index contributed by atoms with van der Waals surface area (Å²) in [5.41, 5.74) is 3.23. The van der Waals surface area contributed by atoms with Gasteiger partial charge in [-0.15, -0.1) is 13.2 Å². The van der Waals surface area contributed by atoms with E-state index in [0.29, 0.717) is 23.5 Å². The number of methoxy groups -OCH3 is 1. The van der Waals surface area contributed by atoms with Crippen molar-refractivity contribution in [2.45, 2.75) is 32.7 Å². The molecule has 0 amide bonds. The fourth-order valence-electron chi connectivity index (χ4n) is 4.16. The second kappa shape index (κ2) is 12.1. The van der Waals surface area contributed by atoms with Gasteiger partial charge in [-0.25, -0.2) is 9.98 Å². The van der Waals surface area contributed by atoms with E-state index in [1.807, 2.05) is 36.0 Å². The summed E-state index contributed by atoms with van der Waals surface area (Å²) in [6.07, 6.45) is -0.352. The summed E-state index contributed by atoms with van der Waals surface area (Å²) in [7, 11) is 1.47. The van der Waals surface area contributed by atoms with Crippen LogP contribution in [0.25, 0.3) is 5.70 Å². The van der Waals surface area contributed by atoms with Gasteiger partial charge in [0.05, 0.1) is 19.4 Å². The highest BCUT2D eigenvalue weighted by Gasteiger charge is 2.31. The molecular formula is C27H31F3N6O2. The highest BCUT2D eigenvalue weighted by Crippen LogP contribution is 2.25. The number of alkyl halides is 3. The Balaban J connectivity index is 1.37. The van der Waals surface area contributed by atoms with Gasteiger partial charge in [0.25, 0.3) is 0 Å². The Morgan fingerprint density at radius 3 is 2.50 bits per heavy atom. The lowest BCUT2D eigenvalue weighted by molar-refractivity contribution is -0.274. The van der Waals surface area contributed by atoms with Gasteiger partial charge in [-0.2, -0.15) is 5.10 Å². The molecule has 1 aliphatic heterocycles. The van der Waals surface area contributed by atoms with Crippen molar-refractivity contribution in [3.8, 4) is 5.75 Å². The van der Waals surface area contributed by atoms with Gasteiger partial charge in [-0.1, -0.05) is 12.6 Å². The summed E-state index contributed by atoms with van der Waals surface area (Å²) in [4.78, 5) is 11.4. The van der Waals surface area contributed by atoms with Gasteiger partial charge in [0.2, 0.25) is 5.90 Å². The Labute approximate surface area is 219 Å². The van der Waals surface area contributed by atoms with Crippen molar-refractivity contribution in [1.82, 2.24) is 19.7 Å². The van der Waals surface area contributed by atoms with E-state index in [1.54, 1.807) is 0 Å². The van der Waals surface area contributed by atoms with Gasteiger partial charge >= 0.3 is 6.36 Å². The molecule has 1 saturated heterocycles. The number of aryl methyl sites for hydroxylation is 1. The number of ether oxygens (including phenoxy) is 2. The van der Waals surface area contributed by atoms with E-state index in [1.165, 1.54) is 57.3 Å². The number of hydrogen-bond acceptors (Lipinski definition) is 7. The summed E-state index contributed by atoms with van der Waals surface area (Å²) in [5, 5.41) is 7.99. The average molecular weight is 529 g/mol. The van der Waals surface area contributed by atoms with Crippen LogP contribution in [0.5, 0.6) is 5.75 Å². The number of nitrogens with zero attached hydrogens (tertiary/aromatic N) is 5. The summed E-state index contributed by atoms with van der Waals surface area (Å²) < 4.78 is 48.4. The van der Waals surface area contributed by atoms with Gasteiger partial charge < -0.3 is 19.7 Å². The summed E-state index contributed by atoms with van der Waals surface area (Å²) in [6.45, 7) is 10.6. The number of likely N-dealkylation sites (tertiary alicyclic amines) is 1. The van der Waals surface area contributed by atoms with Gasteiger partial charge in [0, 0.05) is 25.0 Å². The third-order valence-electron chi connectivity index (χ3n) is 6.14. The van der Waals surface area contributed by atoms with Crippen LogP contribution in [-0.2, 0) is 11.3 Å². The minimum Gasteiger partial charge on any atom is -0.479 e. The lowest BCUT2D eigenvalue weighted by Crippen LogP contribution is -2.26. The van der Waals surface area contributed by atoms with Crippen molar-refractivity contribution < 1.29 is 22.6 Å². The van der Waals surface area contributed by atoms with Gasteiger partial charge in [0.15, 0.2) is 0 Å². The maximum Gasteiger partial charge on any atom is 0.573 e. The molecule has 1 N–H and O–H groups in total. The molecule has 1 fully saturated rings. The van der Waals surface area contributed by atoms with E-state index in [2.05, 4.69) is 36.6 Å². The van der Waals surface area contributed by atoms with Crippen molar-refractivity contribution in [1.29, 1.82) is 0 Å². The highest BCUT2D eigenvalue weighted by molar-refractivity contribution is 5.95. The first-order valence-corrected chi connectivity index (χ1v) is 12.3.